The summed E-state index contributed by atoms with van der Waals surface area (Å²) in [5, 5.41) is 3.90. The molecule has 9 heteroatoms. The minimum absolute atomic E-state index is 0.0543. The molecule has 32 heavy (non-hydrogen) atoms. The fourth-order valence-electron chi connectivity index (χ4n) is 5.27. The first-order valence-corrected chi connectivity index (χ1v) is 11.1. The molecule has 1 fully saturated rings. The Kier molecular flexibility index (Phi) is 3.98. The Hall–Kier alpha value is -2.74. The van der Waals surface area contributed by atoms with Gasteiger partial charge in [0, 0.05) is 26.9 Å². The number of hydrogen-bond acceptors (Lipinski definition) is 5. The lowest BCUT2D eigenvalue weighted by Crippen LogP contribution is -2.57. The first kappa shape index (κ1) is 19.9. The third-order valence-corrected chi connectivity index (χ3v) is 7.58. The highest BCUT2D eigenvalue weighted by Crippen LogP contribution is 2.61. The van der Waals surface area contributed by atoms with Gasteiger partial charge in [0.25, 0.3) is 11.8 Å². The molecule has 6 rings (SSSR count). The molecule has 3 N–H and O–H groups in total. The number of benzene rings is 2. The van der Waals surface area contributed by atoms with Gasteiger partial charge in [-0.05, 0) is 48.6 Å². The number of hydrogen-bond donors (Lipinski definition) is 3. The van der Waals surface area contributed by atoms with Gasteiger partial charge in [0.1, 0.15) is 11.4 Å². The number of ether oxygens (including phenoxy) is 1. The maximum atomic E-state index is 13.9. The average Bonchev–Trinajstić information content (AvgIpc) is 3.14. The van der Waals surface area contributed by atoms with Gasteiger partial charge >= 0.3 is 0 Å². The van der Waals surface area contributed by atoms with Crippen molar-refractivity contribution in [2.45, 2.75) is 31.3 Å². The first-order chi connectivity index (χ1) is 15.3. The zero-order valence-corrected chi connectivity index (χ0v) is 18.9. The molecule has 2 aromatic rings. The van der Waals surface area contributed by atoms with Crippen molar-refractivity contribution in [2.24, 2.45) is 5.41 Å². The maximum absolute atomic E-state index is 13.9. The molecule has 2 unspecified atom stereocenters. The lowest BCUT2D eigenvalue weighted by Gasteiger charge is -2.39. The summed E-state index contributed by atoms with van der Waals surface area (Å²) in [4.78, 5) is 29.3. The second kappa shape index (κ2) is 6.41. The zero-order valence-electron chi connectivity index (χ0n) is 17.4. The molecule has 0 aromatic heterocycles. The summed E-state index contributed by atoms with van der Waals surface area (Å²) in [6.45, 7) is 2.17. The minimum Gasteiger partial charge on any atom is -0.495 e. The predicted octanol–water partition coefficient (Wildman–Crippen LogP) is 3.73. The van der Waals surface area contributed by atoms with Crippen LogP contribution < -0.4 is 25.8 Å². The van der Waals surface area contributed by atoms with E-state index in [-0.39, 0.29) is 23.3 Å². The van der Waals surface area contributed by atoms with Crippen molar-refractivity contribution in [3.8, 4) is 5.75 Å². The number of rotatable bonds is 3. The van der Waals surface area contributed by atoms with Gasteiger partial charge < -0.3 is 15.5 Å². The van der Waals surface area contributed by atoms with E-state index in [2.05, 4.69) is 23.1 Å². The smallest absolute Gasteiger partial charge is 0.277 e. The number of carbonyl (C=O) groups excluding carboxylic acids is 2. The van der Waals surface area contributed by atoms with Crippen LogP contribution in [-0.2, 0) is 15.1 Å². The van der Waals surface area contributed by atoms with Crippen LogP contribution in [0.1, 0.15) is 25.3 Å². The molecule has 1 aliphatic carbocycles. The fourth-order valence-corrected chi connectivity index (χ4v) is 5.61. The van der Waals surface area contributed by atoms with Gasteiger partial charge in [-0.1, -0.05) is 36.2 Å². The Bertz CT molecular complexity index is 1260. The highest BCUT2D eigenvalue weighted by atomic mass is 35.5. The van der Waals surface area contributed by atoms with Crippen molar-refractivity contribution in [1.29, 1.82) is 0 Å². The molecular weight excluding hydrogens is 451 g/mol. The van der Waals surface area contributed by atoms with Gasteiger partial charge in [-0.2, -0.15) is 0 Å². The summed E-state index contributed by atoms with van der Waals surface area (Å²) in [7, 11) is 1.53. The van der Waals surface area contributed by atoms with Crippen molar-refractivity contribution in [2.75, 3.05) is 17.3 Å². The molecule has 164 valence electrons. The summed E-state index contributed by atoms with van der Waals surface area (Å²) in [5.74, 6) is -0.187. The molecule has 0 radical (unpaired) electrons. The molecule has 3 aliphatic heterocycles. The maximum Gasteiger partial charge on any atom is 0.277 e. The standard InChI is InChI=1S/C23H20Cl2N4O3/c1-22(7-8-22)19-17-18(27-28-19)20(30)29(15-10-12(25)4-6-16(15)32-2)23(17)13-5-3-11(24)9-14(13)26-21(23)31/h3-6,9-10,19,27-28H,7-8H2,1-2H3,(H,26,31). The van der Waals surface area contributed by atoms with Crippen LogP contribution in [0.4, 0.5) is 11.4 Å². The lowest BCUT2D eigenvalue weighted by molar-refractivity contribution is -0.123. The molecule has 0 bridgehead atoms. The second-order valence-corrected chi connectivity index (χ2v) is 9.83. The first-order valence-electron chi connectivity index (χ1n) is 10.4. The number of nitrogens with one attached hydrogen (secondary N) is 3. The Morgan fingerprint density at radius 1 is 1.09 bits per heavy atom. The monoisotopic (exact) mass is 470 g/mol. The van der Waals surface area contributed by atoms with Gasteiger partial charge in [0.05, 0.1) is 18.8 Å². The van der Waals surface area contributed by atoms with E-state index in [0.29, 0.717) is 38.4 Å². The van der Waals surface area contributed by atoms with Gasteiger partial charge in [-0.15, -0.1) is 0 Å². The lowest BCUT2D eigenvalue weighted by atomic mass is 9.76. The summed E-state index contributed by atoms with van der Waals surface area (Å²) in [6, 6.07) is 10.1. The second-order valence-electron chi connectivity index (χ2n) is 8.96. The SMILES string of the molecule is COc1ccc(Cl)cc1N1C(=O)C2=C(C(C3(C)CC3)NN2)C12C(=O)Nc1cc(Cl)ccc12. The van der Waals surface area contributed by atoms with E-state index < -0.39 is 5.54 Å². The van der Waals surface area contributed by atoms with Crippen molar-refractivity contribution in [1.82, 2.24) is 10.9 Å². The summed E-state index contributed by atoms with van der Waals surface area (Å²) >= 11 is 12.6. The number of hydrazine groups is 1. The number of methoxy groups -OCH3 is 1. The number of amides is 2. The number of fused-ring (bicyclic) bond motifs is 3. The normalized spacial score (nSPS) is 26.9. The van der Waals surface area contributed by atoms with E-state index >= 15 is 0 Å². The summed E-state index contributed by atoms with van der Waals surface area (Å²) < 4.78 is 5.57. The van der Waals surface area contributed by atoms with Gasteiger partial charge in [-0.3, -0.25) is 14.5 Å². The quantitative estimate of drug-likeness (QED) is 0.636. The molecule has 2 amide bonds. The van der Waals surface area contributed by atoms with Crippen molar-refractivity contribution in [3.05, 3.63) is 63.3 Å². The molecular formula is C23H20Cl2N4O3. The van der Waals surface area contributed by atoms with E-state index in [4.69, 9.17) is 27.9 Å². The molecule has 2 atom stereocenters. The third-order valence-electron chi connectivity index (χ3n) is 7.11. The number of carbonyl (C=O) groups is 2. The van der Waals surface area contributed by atoms with Crippen LogP contribution in [0.5, 0.6) is 5.75 Å². The van der Waals surface area contributed by atoms with Crippen LogP contribution in [-0.4, -0.2) is 25.0 Å². The van der Waals surface area contributed by atoms with Crippen molar-refractivity contribution < 1.29 is 14.3 Å². The van der Waals surface area contributed by atoms with Gasteiger partial charge in [0.15, 0.2) is 5.54 Å². The average molecular weight is 471 g/mol. The van der Waals surface area contributed by atoms with E-state index in [1.54, 1.807) is 30.3 Å². The molecule has 1 saturated carbocycles. The molecule has 0 saturated heterocycles. The van der Waals surface area contributed by atoms with E-state index in [1.165, 1.54) is 12.0 Å². The van der Waals surface area contributed by atoms with Crippen LogP contribution in [0.3, 0.4) is 0 Å². The van der Waals surface area contributed by atoms with Gasteiger partial charge in [0.2, 0.25) is 0 Å². The summed E-state index contributed by atoms with van der Waals surface area (Å²) in [6.07, 6.45) is 2.01. The molecule has 7 nitrogen and oxygen atoms in total. The number of nitrogens with zero attached hydrogens (tertiary/aromatic N) is 1. The Balaban J connectivity index is 1.67. The third kappa shape index (κ3) is 2.36. The largest absolute Gasteiger partial charge is 0.495 e. The Morgan fingerprint density at radius 2 is 1.81 bits per heavy atom. The number of halogens is 2. The minimum atomic E-state index is -1.39. The molecule has 2 aromatic carbocycles. The Labute approximate surface area is 194 Å². The highest BCUT2D eigenvalue weighted by molar-refractivity contribution is 6.32. The Morgan fingerprint density at radius 3 is 2.53 bits per heavy atom. The summed E-state index contributed by atoms with van der Waals surface area (Å²) in [5.41, 5.74) is 7.73. The van der Waals surface area contributed by atoms with Crippen LogP contribution >= 0.6 is 23.2 Å². The van der Waals surface area contributed by atoms with Crippen LogP contribution in [0.25, 0.3) is 0 Å². The van der Waals surface area contributed by atoms with E-state index in [1.807, 2.05) is 6.07 Å². The van der Waals surface area contributed by atoms with Crippen LogP contribution in [0, 0.1) is 5.41 Å². The topological polar surface area (TPSA) is 82.7 Å². The fraction of sp³-hybridized carbons (Fsp3) is 0.304. The van der Waals surface area contributed by atoms with Gasteiger partial charge in [-0.25, -0.2) is 5.43 Å². The van der Waals surface area contributed by atoms with Crippen LogP contribution in [0.15, 0.2) is 47.7 Å². The van der Waals surface area contributed by atoms with Crippen molar-refractivity contribution >= 4 is 46.4 Å². The zero-order chi connectivity index (χ0) is 22.4. The molecule has 1 spiro atoms. The molecule has 4 aliphatic rings. The van der Waals surface area contributed by atoms with E-state index in [9.17, 15) is 9.59 Å². The molecule has 3 heterocycles. The highest BCUT2D eigenvalue weighted by Gasteiger charge is 2.68. The van der Waals surface area contributed by atoms with Crippen LogP contribution in [0.2, 0.25) is 10.0 Å². The van der Waals surface area contributed by atoms with Crippen molar-refractivity contribution in [3.63, 3.8) is 0 Å². The van der Waals surface area contributed by atoms with E-state index in [0.717, 1.165) is 18.4 Å². The predicted molar refractivity (Wildman–Crippen MR) is 122 cm³/mol. The number of anilines is 2.